The minimum atomic E-state index is -1.14. The van der Waals surface area contributed by atoms with E-state index in [1.807, 2.05) is 6.92 Å². The predicted molar refractivity (Wildman–Crippen MR) is 90.9 cm³/mol. The van der Waals surface area contributed by atoms with Crippen LogP contribution in [0.3, 0.4) is 0 Å². The van der Waals surface area contributed by atoms with Crippen LogP contribution in [0.15, 0.2) is 23.9 Å². The molecule has 3 aliphatic heterocycles. The highest BCUT2D eigenvalue weighted by Gasteiger charge is 2.58. The van der Waals surface area contributed by atoms with Crippen LogP contribution in [-0.2, 0) is 14.3 Å². The number of likely N-dealkylation sites (tertiary alicyclic amines) is 1. The van der Waals surface area contributed by atoms with Gasteiger partial charge in [-0.3, -0.25) is 4.79 Å². The maximum Gasteiger partial charge on any atom is 0.410 e. The predicted octanol–water partition coefficient (Wildman–Crippen LogP) is 0.970. The molecule has 0 aromatic heterocycles. The highest BCUT2D eigenvalue weighted by atomic mass is 16.6. The third-order valence-electron chi connectivity index (χ3n) is 5.73. The van der Waals surface area contributed by atoms with Crippen molar-refractivity contribution in [1.29, 1.82) is 0 Å². The van der Waals surface area contributed by atoms with Crippen molar-refractivity contribution in [2.75, 3.05) is 13.2 Å². The Hall–Kier alpha value is -2.35. The second-order valence-electron chi connectivity index (χ2n) is 7.12. The summed E-state index contributed by atoms with van der Waals surface area (Å²) >= 11 is 0. The van der Waals surface area contributed by atoms with Crippen molar-refractivity contribution in [2.24, 2.45) is 11.8 Å². The van der Waals surface area contributed by atoms with E-state index >= 15 is 0 Å². The number of amides is 2. The fourth-order valence-corrected chi connectivity index (χ4v) is 4.51. The van der Waals surface area contributed by atoms with Crippen molar-refractivity contribution in [2.45, 2.75) is 44.9 Å². The van der Waals surface area contributed by atoms with Gasteiger partial charge in [0.1, 0.15) is 12.3 Å². The molecule has 142 valence electrons. The zero-order valence-corrected chi connectivity index (χ0v) is 14.9. The molecule has 5 atom stereocenters. The molecular weight excluding hydrogens is 340 g/mol. The number of β-lactam (4-membered cyclic amide) rings is 1. The number of aliphatic hydroxyl groups is 1. The van der Waals surface area contributed by atoms with Crippen molar-refractivity contribution >= 4 is 18.0 Å². The lowest BCUT2D eigenvalue weighted by Gasteiger charge is -2.44. The van der Waals surface area contributed by atoms with Gasteiger partial charge in [0, 0.05) is 18.5 Å². The molecular formula is C18H24N2O6. The third-order valence-corrected chi connectivity index (χ3v) is 5.73. The number of carbonyl (C=O) groups excluding carboxylic acids is 2. The van der Waals surface area contributed by atoms with Crippen LogP contribution in [0.4, 0.5) is 4.79 Å². The first-order valence-electron chi connectivity index (χ1n) is 8.81. The molecule has 2 unspecified atom stereocenters. The second kappa shape index (κ2) is 6.75. The van der Waals surface area contributed by atoms with Crippen LogP contribution < -0.4 is 0 Å². The van der Waals surface area contributed by atoms with Gasteiger partial charge in [-0.05, 0) is 32.3 Å². The lowest BCUT2D eigenvalue weighted by atomic mass is 9.81. The van der Waals surface area contributed by atoms with Crippen LogP contribution in [-0.4, -0.2) is 69.3 Å². The molecule has 8 heteroatoms. The number of nitrogens with zero attached hydrogens (tertiary/aromatic N) is 2. The van der Waals surface area contributed by atoms with E-state index in [9.17, 15) is 24.6 Å². The number of ether oxygens (including phenoxy) is 1. The monoisotopic (exact) mass is 364 g/mol. The Bertz CT molecular complexity index is 685. The Labute approximate surface area is 151 Å². The first-order valence-corrected chi connectivity index (χ1v) is 8.81. The van der Waals surface area contributed by atoms with Crippen molar-refractivity contribution in [3.05, 3.63) is 23.9 Å². The van der Waals surface area contributed by atoms with Gasteiger partial charge in [-0.15, -0.1) is 0 Å². The summed E-state index contributed by atoms with van der Waals surface area (Å²) < 4.78 is 5.09. The molecule has 2 saturated heterocycles. The van der Waals surface area contributed by atoms with Crippen molar-refractivity contribution in [3.63, 3.8) is 0 Å². The summed E-state index contributed by atoms with van der Waals surface area (Å²) in [5.74, 6) is -2.19. The molecule has 0 aromatic rings. The van der Waals surface area contributed by atoms with E-state index in [1.165, 1.54) is 11.0 Å². The Kier molecular flexibility index (Phi) is 4.79. The molecule has 2 amide bonds. The fraction of sp³-hybridized carbons (Fsp3) is 0.611. The quantitative estimate of drug-likeness (QED) is 0.556. The molecule has 3 aliphatic rings. The number of hydrogen-bond acceptors (Lipinski definition) is 5. The van der Waals surface area contributed by atoms with Gasteiger partial charge in [-0.25, -0.2) is 9.59 Å². The van der Waals surface area contributed by atoms with Crippen LogP contribution >= 0.6 is 0 Å². The number of rotatable bonds is 5. The summed E-state index contributed by atoms with van der Waals surface area (Å²) in [6.07, 6.45) is 1.27. The second-order valence-corrected chi connectivity index (χ2v) is 7.12. The number of carboxylic acid groups (broad SMARTS) is 1. The topological polar surface area (TPSA) is 107 Å². The maximum atomic E-state index is 12.3. The molecule has 0 bridgehead atoms. The normalized spacial score (nSPS) is 31.6. The van der Waals surface area contributed by atoms with Gasteiger partial charge in [0.25, 0.3) is 0 Å². The largest absolute Gasteiger partial charge is 0.477 e. The standard InChI is InChI=1S/C18H24N2O6/c1-4-7-26-18(25)19-6-5-11(9(19)2)12-8-13-14(10(3)21)16(22)20(13)15(12)17(23)24/h4,9-11,13-14,21H,1,5-8H2,2-3H3,(H,23,24)/t9?,10-,11?,13-,14-/m1/s1. The molecule has 8 nitrogen and oxygen atoms in total. The molecule has 0 saturated carbocycles. The highest BCUT2D eigenvalue weighted by molar-refractivity contribution is 5.99. The zero-order chi connectivity index (χ0) is 19.2. The van der Waals surface area contributed by atoms with E-state index in [0.29, 0.717) is 25.0 Å². The van der Waals surface area contributed by atoms with E-state index in [4.69, 9.17) is 4.74 Å². The van der Waals surface area contributed by atoms with Gasteiger partial charge >= 0.3 is 12.1 Å². The molecule has 2 N–H and O–H groups in total. The highest BCUT2D eigenvalue weighted by Crippen LogP contribution is 2.48. The van der Waals surface area contributed by atoms with E-state index in [2.05, 4.69) is 6.58 Å². The van der Waals surface area contributed by atoms with E-state index in [1.54, 1.807) is 11.8 Å². The number of aliphatic carboxylic acids is 1. The van der Waals surface area contributed by atoms with Crippen molar-refractivity contribution in [1.82, 2.24) is 9.80 Å². The number of aliphatic hydroxyl groups excluding tert-OH is 1. The fourth-order valence-electron chi connectivity index (χ4n) is 4.51. The van der Waals surface area contributed by atoms with Crippen LogP contribution in [0.5, 0.6) is 0 Å². The molecule has 26 heavy (non-hydrogen) atoms. The summed E-state index contributed by atoms with van der Waals surface area (Å²) in [5.41, 5.74) is 0.709. The maximum absolute atomic E-state index is 12.3. The van der Waals surface area contributed by atoms with Crippen LogP contribution in [0, 0.1) is 11.8 Å². The molecule has 0 radical (unpaired) electrons. The summed E-state index contributed by atoms with van der Waals surface area (Å²) in [6, 6.07) is -0.534. The van der Waals surface area contributed by atoms with E-state index in [0.717, 1.165) is 0 Å². The first-order chi connectivity index (χ1) is 12.3. The average Bonchev–Trinajstić information content (AvgIpc) is 3.10. The number of carboxylic acids is 1. The molecule has 3 rings (SSSR count). The summed E-state index contributed by atoms with van der Waals surface area (Å²) in [7, 11) is 0. The first kappa shape index (κ1) is 18.4. The van der Waals surface area contributed by atoms with Crippen LogP contribution in [0.1, 0.15) is 26.7 Å². The van der Waals surface area contributed by atoms with Gasteiger partial charge in [-0.2, -0.15) is 0 Å². The van der Waals surface area contributed by atoms with Gasteiger partial charge < -0.3 is 24.7 Å². The zero-order valence-electron chi connectivity index (χ0n) is 14.9. The average molecular weight is 364 g/mol. The third kappa shape index (κ3) is 2.68. The van der Waals surface area contributed by atoms with Gasteiger partial charge in [0.2, 0.25) is 5.91 Å². The SMILES string of the molecule is C=CCOC(=O)N1CCC(C2=C(C(=O)O)N3C(=O)[C@H]([C@@H](C)O)[C@H]3C2)C1C. The lowest BCUT2D eigenvalue weighted by molar-refractivity contribution is -0.161. The number of hydrogen-bond donors (Lipinski definition) is 2. The Morgan fingerprint density at radius 3 is 2.73 bits per heavy atom. The summed E-state index contributed by atoms with van der Waals surface area (Å²) in [5, 5.41) is 19.5. The molecule has 0 aromatic carbocycles. The molecule has 0 aliphatic carbocycles. The van der Waals surface area contributed by atoms with E-state index in [-0.39, 0.29) is 36.2 Å². The van der Waals surface area contributed by atoms with Crippen molar-refractivity contribution < 1.29 is 29.3 Å². The van der Waals surface area contributed by atoms with E-state index < -0.39 is 24.1 Å². The minimum absolute atomic E-state index is 0.0232. The van der Waals surface area contributed by atoms with Crippen LogP contribution in [0.25, 0.3) is 0 Å². The van der Waals surface area contributed by atoms with Gasteiger partial charge in [-0.1, -0.05) is 12.7 Å². The minimum Gasteiger partial charge on any atom is -0.477 e. The van der Waals surface area contributed by atoms with Crippen LogP contribution in [0.2, 0.25) is 0 Å². The Morgan fingerprint density at radius 2 is 2.15 bits per heavy atom. The van der Waals surface area contributed by atoms with Gasteiger partial charge in [0.15, 0.2) is 0 Å². The molecule has 2 fully saturated rings. The molecule has 3 heterocycles. The lowest BCUT2D eigenvalue weighted by Crippen LogP contribution is -2.61. The van der Waals surface area contributed by atoms with Gasteiger partial charge in [0.05, 0.1) is 18.1 Å². The Morgan fingerprint density at radius 1 is 1.46 bits per heavy atom. The smallest absolute Gasteiger partial charge is 0.410 e. The summed E-state index contributed by atoms with van der Waals surface area (Å²) in [6.45, 7) is 7.51. The summed E-state index contributed by atoms with van der Waals surface area (Å²) in [4.78, 5) is 39.2. The number of fused-ring (bicyclic) bond motifs is 1. The number of carbonyl (C=O) groups is 3. The van der Waals surface area contributed by atoms with Crippen molar-refractivity contribution in [3.8, 4) is 0 Å². The Balaban J connectivity index is 1.83. The molecule has 0 spiro atoms.